The van der Waals surface area contributed by atoms with Crippen molar-refractivity contribution >= 4 is 11.9 Å². The van der Waals surface area contributed by atoms with Crippen LogP contribution in [0.1, 0.15) is 23.0 Å². The van der Waals surface area contributed by atoms with Gasteiger partial charge >= 0.3 is 5.97 Å². The Morgan fingerprint density at radius 1 is 1.69 bits per heavy atom. The Balaban J connectivity index is 2.67. The van der Waals surface area contributed by atoms with E-state index in [4.69, 9.17) is 4.74 Å². The first-order valence-electron chi connectivity index (χ1n) is 4.78. The Hall–Kier alpha value is -2.11. The summed E-state index contributed by atoms with van der Waals surface area (Å²) in [5.41, 5.74) is 0.833. The van der Waals surface area contributed by atoms with Gasteiger partial charge < -0.3 is 10.1 Å². The van der Waals surface area contributed by atoms with Crippen molar-refractivity contribution in [2.75, 3.05) is 6.61 Å². The summed E-state index contributed by atoms with van der Waals surface area (Å²) >= 11 is 0. The third kappa shape index (κ3) is 2.94. The minimum Gasteiger partial charge on any atom is -0.462 e. The minimum atomic E-state index is -0.459. The number of amides is 1. The first-order valence-corrected chi connectivity index (χ1v) is 4.78. The first-order chi connectivity index (χ1) is 7.69. The molecule has 2 N–H and O–H groups in total. The summed E-state index contributed by atoms with van der Waals surface area (Å²) in [7, 11) is 0. The van der Waals surface area contributed by atoms with E-state index in [0.717, 1.165) is 6.08 Å². The maximum absolute atomic E-state index is 11.4. The normalized spacial score (nSPS) is 9.56. The molecule has 6 heteroatoms. The topological polar surface area (TPSA) is 84.1 Å². The van der Waals surface area contributed by atoms with Crippen molar-refractivity contribution in [3.8, 4) is 0 Å². The number of nitrogens with one attached hydrogen (secondary N) is 2. The molecule has 1 aromatic rings. The molecule has 0 aromatic carbocycles. The van der Waals surface area contributed by atoms with Crippen LogP contribution in [0.3, 0.4) is 0 Å². The maximum atomic E-state index is 11.4. The van der Waals surface area contributed by atoms with Gasteiger partial charge in [-0.3, -0.25) is 9.89 Å². The number of aromatic nitrogens is 2. The number of carbonyl (C=O) groups excluding carboxylic acids is 2. The number of rotatable bonds is 5. The summed E-state index contributed by atoms with van der Waals surface area (Å²) in [6, 6.07) is 0. The number of aromatic amines is 1. The minimum absolute atomic E-state index is 0.180. The lowest BCUT2D eigenvalue weighted by atomic mass is 10.2. The number of H-pyrrole nitrogens is 1. The van der Waals surface area contributed by atoms with E-state index >= 15 is 0 Å². The summed E-state index contributed by atoms with van der Waals surface area (Å²) in [5.74, 6) is -0.775. The van der Waals surface area contributed by atoms with Gasteiger partial charge in [0.2, 0.25) is 5.91 Å². The summed E-state index contributed by atoms with van der Waals surface area (Å²) in [6.45, 7) is 5.51. The summed E-state index contributed by atoms with van der Waals surface area (Å²) in [6.07, 6.45) is 2.52. The molecule has 1 amide bonds. The SMILES string of the molecule is C=CC(=O)NCc1[nH]ncc1C(=O)OCC. The molecule has 0 saturated carbocycles. The fourth-order valence-electron chi connectivity index (χ4n) is 1.08. The predicted octanol–water partition coefficient (Wildman–Crippen LogP) is 0.389. The van der Waals surface area contributed by atoms with Crippen LogP contribution in [0.5, 0.6) is 0 Å². The van der Waals surface area contributed by atoms with Crippen LogP contribution in [0, 0.1) is 0 Å². The highest BCUT2D eigenvalue weighted by Crippen LogP contribution is 2.06. The molecule has 1 aromatic heterocycles. The molecule has 0 aliphatic carbocycles. The molecule has 6 nitrogen and oxygen atoms in total. The molecule has 1 rings (SSSR count). The van der Waals surface area contributed by atoms with Crippen molar-refractivity contribution in [2.24, 2.45) is 0 Å². The van der Waals surface area contributed by atoms with Crippen LogP contribution in [0.2, 0.25) is 0 Å². The lowest BCUT2D eigenvalue weighted by Crippen LogP contribution is -2.21. The Bertz CT molecular complexity index is 398. The zero-order valence-corrected chi connectivity index (χ0v) is 8.95. The number of hydrogen-bond acceptors (Lipinski definition) is 4. The Morgan fingerprint density at radius 3 is 3.06 bits per heavy atom. The van der Waals surface area contributed by atoms with Crippen molar-refractivity contribution in [3.63, 3.8) is 0 Å². The van der Waals surface area contributed by atoms with Crippen LogP contribution >= 0.6 is 0 Å². The predicted molar refractivity (Wildman–Crippen MR) is 56.6 cm³/mol. The Kier molecular flexibility index (Phi) is 4.26. The van der Waals surface area contributed by atoms with Crippen LogP contribution in [0.4, 0.5) is 0 Å². The highest BCUT2D eigenvalue weighted by Gasteiger charge is 2.14. The molecule has 16 heavy (non-hydrogen) atoms. The fraction of sp³-hybridized carbons (Fsp3) is 0.300. The summed E-state index contributed by atoms with van der Waals surface area (Å²) in [5, 5.41) is 8.89. The number of nitrogens with zero attached hydrogens (tertiary/aromatic N) is 1. The quantitative estimate of drug-likeness (QED) is 0.558. The fourth-order valence-corrected chi connectivity index (χ4v) is 1.08. The van der Waals surface area contributed by atoms with Crippen molar-refractivity contribution < 1.29 is 14.3 Å². The van der Waals surface area contributed by atoms with Crippen molar-refractivity contribution in [3.05, 3.63) is 30.1 Å². The maximum Gasteiger partial charge on any atom is 0.341 e. The van der Waals surface area contributed by atoms with Crippen LogP contribution in [-0.4, -0.2) is 28.7 Å². The third-order valence-corrected chi connectivity index (χ3v) is 1.84. The zero-order valence-electron chi connectivity index (χ0n) is 8.95. The van der Waals surface area contributed by atoms with Gasteiger partial charge in [-0.2, -0.15) is 5.10 Å². The van der Waals surface area contributed by atoms with Gasteiger partial charge in [-0.25, -0.2) is 4.79 Å². The van der Waals surface area contributed by atoms with Gasteiger partial charge in [0.25, 0.3) is 0 Å². The van der Waals surface area contributed by atoms with E-state index in [1.165, 1.54) is 6.20 Å². The van der Waals surface area contributed by atoms with Crippen molar-refractivity contribution in [1.29, 1.82) is 0 Å². The highest BCUT2D eigenvalue weighted by molar-refractivity contribution is 5.91. The van der Waals surface area contributed by atoms with Gasteiger partial charge in [0, 0.05) is 0 Å². The van der Waals surface area contributed by atoms with E-state index < -0.39 is 5.97 Å². The molecule has 0 aliphatic heterocycles. The largest absolute Gasteiger partial charge is 0.462 e. The molecule has 0 unspecified atom stereocenters. The molecular weight excluding hydrogens is 210 g/mol. The molecular formula is C10H13N3O3. The second kappa shape index (κ2) is 5.69. The number of esters is 1. The summed E-state index contributed by atoms with van der Waals surface area (Å²) < 4.78 is 4.83. The standard InChI is InChI=1S/C10H13N3O3/c1-3-9(14)11-6-8-7(5-12-13-8)10(15)16-4-2/h3,5H,1,4,6H2,2H3,(H,11,14)(H,12,13). The van der Waals surface area contributed by atoms with E-state index in [-0.39, 0.29) is 12.5 Å². The van der Waals surface area contributed by atoms with Crippen LogP contribution in [-0.2, 0) is 16.1 Å². The number of ether oxygens (including phenoxy) is 1. The molecule has 0 fully saturated rings. The Labute approximate surface area is 92.7 Å². The van der Waals surface area contributed by atoms with E-state index in [9.17, 15) is 9.59 Å². The van der Waals surface area contributed by atoms with E-state index in [1.807, 2.05) is 0 Å². The monoisotopic (exact) mass is 223 g/mol. The van der Waals surface area contributed by atoms with Crippen molar-refractivity contribution in [1.82, 2.24) is 15.5 Å². The lowest BCUT2D eigenvalue weighted by Gasteiger charge is -2.03. The van der Waals surface area contributed by atoms with E-state index in [0.29, 0.717) is 17.9 Å². The molecule has 0 spiro atoms. The summed E-state index contributed by atoms with van der Waals surface area (Å²) in [4.78, 5) is 22.4. The lowest BCUT2D eigenvalue weighted by molar-refractivity contribution is -0.116. The van der Waals surface area contributed by atoms with Gasteiger partial charge in [-0.1, -0.05) is 6.58 Å². The van der Waals surface area contributed by atoms with Crippen LogP contribution in [0.25, 0.3) is 0 Å². The smallest absolute Gasteiger partial charge is 0.341 e. The molecule has 0 aliphatic rings. The first kappa shape index (κ1) is 12.0. The number of hydrogen-bond donors (Lipinski definition) is 2. The highest BCUT2D eigenvalue weighted by atomic mass is 16.5. The van der Waals surface area contributed by atoms with Gasteiger partial charge in [-0.05, 0) is 13.0 Å². The zero-order chi connectivity index (χ0) is 12.0. The third-order valence-electron chi connectivity index (χ3n) is 1.84. The van der Waals surface area contributed by atoms with E-state index in [2.05, 4.69) is 22.1 Å². The molecule has 1 heterocycles. The molecule has 0 bridgehead atoms. The van der Waals surface area contributed by atoms with Crippen LogP contribution in [0.15, 0.2) is 18.9 Å². The molecule has 0 saturated heterocycles. The number of carbonyl (C=O) groups is 2. The van der Waals surface area contributed by atoms with Gasteiger partial charge in [0.05, 0.1) is 25.0 Å². The Morgan fingerprint density at radius 2 is 2.44 bits per heavy atom. The molecule has 0 radical (unpaired) electrons. The van der Waals surface area contributed by atoms with Crippen molar-refractivity contribution in [2.45, 2.75) is 13.5 Å². The molecule has 0 atom stereocenters. The van der Waals surface area contributed by atoms with Gasteiger partial charge in [0.1, 0.15) is 5.56 Å². The second-order valence-corrected chi connectivity index (χ2v) is 2.90. The van der Waals surface area contributed by atoms with Gasteiger partial charge in [0.15, 0.2) is 0 Å². The average molecular weight is 223 g/mol. The average Bonchev–Trinajstić information content (AvgIpc) is 2.74. The van der Waals surface area contributed by atoms with E-state index in [1.54, 1.807) is 6.92 Å². The van der Waals surface area contributed by atoms with Gasteiger partial charge in [-0.15, -0.1) is 0 Å². The van der Waals surface area contributed by atoms with Crippen LogP contribution < -0.4 is 5.32 Å². The second-order valence-electron chi connectivity index (χ2n) is 2.90. The molecule has 86 valence electrons.